The predicted octanol–water partition coefficient (Wildman–Crippen LogP) is 3.62. The van der Waals surface area contributed by atoms with Crippen LogP contribution in [-0.2, 0) is 4.79 Å². The predicted molar refractivity (Wildman–Crippen MR) is 91.9 cm³/mol. The van der Waals surface area contributed by atoms with Crippen molar-refractivity contribution < 1.29 is 9.90 Å². The van der Waals surface area contributed by atoms with E-state index in [0.717, 1.165) is 25.7 Å². The molecule has 3 N–H and O–H groups in total. The number of allylic oxidation sites excluding steroid dienone is 3. The Kier molecular flexibility index (Phi) is 5.42. The Morgan fingerprint density at radius 1 is 0.913 bits per heavy atom. The number of carbonyl (C=O) groups is 1. The molecule has 1 amide bonds. The van der Waals surface area contributed by atoms with Crippen molar-refractivity contribution in [2.75, 3.05) is 0 Å². The third-order valence-corrected chi connectivity index (χ3v) is 5.20. The van der Waals surface area contributed by atoms with Gasteiger partial charge in [0.1, 0.15) is 0 Å². The second-order valence-corrected chi connectivity index (χ2v) is 6.99. The van der Waals surface area contributed by atoms with Gasteiger partial charge in [0.15, 0.2) is 5.88 Å². The standard InChI is InChI=1S/C19H28N2O2/c22-18(20-14-8-3-1-4-9-14)16-12-7-13-17(16)19(23)21-15-10-5-2-6-11-15/h7,12-15,20,22H,1-6,8-11H2,(H,21,23). The highest BCUT2D eigenvalue weighted by Gasteiger charge is 2.24. The van der Waals surface area contributed by atoms with Crippen LogP contribution in [0.2, 0.25) is 0 Å². The molecule has 0 spiro atoms. The van der Waals surface area contributed by atoms with E-state index in [2.05, 4.69) is 10.6 Å². The molecule has 2 fully saturated rings. The van der Waals surface area contributed by atoms with Crippen LogP contribution in [0, 0.1) is 0 Å². The number of amides is 1. The molecule has 0 atom stereocenters. The minimum atomic E-state index is -0.0612. The van der Waals surface area contributed by atoms with Gasteiger partial charge in [0.25, 0.3) is 5.91 Å². The summed E-state index contributed by atoms with van der Waals surface area (Å²) in [5.74, 6) is 0.0876. The van der Waals surface area contributed by atoms with Gasteiger partial charge >= 0.3 is 0 Å². The molecule has 0 aromatic rings. The van der Waals surface area contributed by atoms with E-state index in [4.69, 9.17) is 0 Å². The second kappa shape index (κ2) is 7.71. The lowest BCUT2D eigenvalue weighted by atomic mass is 9.94. The van der Waals surface area contributed by atoms with Crippen LogP contribution in [0.15, 0.2) is 35.3 Å². The van der Waals surface area contributed by atoms with E-state index in [0.29, 0.717) is 17.2 Å². The maximum Gasteiger partial charge on any atom is 0.252 e. The highest BCUT2D eigenvalue weighted by Crippen LogP contribution is 2.24. The number of hydrogen-bond donors (Lipinski definition) is 3. The number of rotatable bonds is 4. The molecule has 0 unspecified atom stereocenters. The first-order chi connectivity index (χ1) is 11.2. The van der Waals surface area contributed by atoms with E-state index >= 15 is 0 Å². The summed E-state index contributed by atoms with van der Waals surface area (Å²) in [5.41, 5.74) is 1.21. The summed E-state index contributed by atoms with van der Waals surface area (Å²) in [6.45, 7) is 0. The minimum absolute atomic E-state index is 0.0612. The molecule has 3 rings (SSSR count). The Labute approximate surface area is 138 Å². The summed E-state index contributed by atoms with van der Waals surface area (Å²) in [6.07, 6.45) is 17.1. The molecular formula is C19H28N2O2. The minimum Gasteiger partial charge on any atom is -0.494 e. The molecule has 4 nitrogen and oxygen atoms in total. The summed E-state index contributed by atoms with van der Waals surface area (Å²) in [6, 6.07) is 0.611. The van der Waals surface area contributed by atoms with Crippen molar-refractivity contribution in [3.63, 3.8) is 0 Å². The number of aliphatic hydroxyl groups excluding tert-OH is 1. The normalized spacial score (nSPS) is 25.1. The van der Waals surface area contributed by atoms with E-state index < -0.39 is 0 Å². The molecule has 0 heterocycles. The van der Waals surface area contributed by atoms with Gasteiger partial charge in [-0.3, -0.25) is 4.79 Å². The molecule has 0 saturated heterocycles. The highest BCUT2D eigenvalue weighted by atomic mass is 16.3. The summed E-state index contributed by atoms with van der Waals surface area (Å²) >= 11 is 0. The van der Waals surface area contributed by atoms with Crippen molar-refractivity contribution >= 4 is 5.91 Å². The number of hydrogen-bond acceptors (Lipinski definition) is 3. The molecule has 0 aromatic heterocycles. The fourth-order valence-corrected chi connectivity index (χ4v) is 3.85. The summed E-state index contributed by atoms with van der Waals surface area (Å²) in [7, 11) is 0. The zero-order valence-electron chi connectivity index (χ0n) is 13.8. The molecular weight excluding hydrogens is 288 g/mol. The van der Waals surface area contributed by atoms with E-state index in [1.807, 2.05) is 12.2 Å². The van der Waals surface area contributed by atoms with Crippen molar-refractivity contribution in [1.82, 2.24) is 10.6 Å². The molecule has 2 saturated carbocycles. The van der Waals surface area contributed by atoms with Gasteiger partial charge in [-0.2, -0.15) is 0 Å². The van der Waals surface area contributed by atoms with Crippen LogP contribution in [0.5, 0.6) is 0 Å². The van der Waals surface area contributed by atoms with Gasteiger partial charge in [-0.25, -0.2) is 0 Å². The van der Waals surface area contributed by atoms with Gasteiger partial charge in [-0.1, -0.05) is 44.6 Å². The van der Waals surface area contributed by atoms with Gasteiger partial charge < -0.3 is 15.7 Å². The molecule has 0 aliphatic heterocycles. The lowest BCUT2D eigenvalue weighted by molar-refractivity contribution is -0.118. The fraction of sp³-hybridized carbons (Fsp3) is 0.632. The first-order valence-electron chi connectivity index (χ1n) is 9.13. The fourth-order valence-electron chi connectivity index (χ4n) is 3.85. The van der Waals surface area contributed by atoms with Gasteiger partial charge in [0.05, 0.1) is 5.57 Å². The zero-order chi connectivity index (χ0) is 16.1. The molecule has 3 aliphatic rings. The maximum atomic E-state index is 12.5. The van der Waals surface area contributed by atoms with E-state index in [1.54, 1.807) is 6.08 Å². The Hall–Kier alpha value is -1.71. The Balaban J connectivity index is 1.62. The highest BCUT2D eigenvalue weighted by molar-refractivity contribution is 6.00. The number of aliphatic hydroxyl groups is 1. The quantitative estimate of drug-likeness (QED) is 0.694. The van der Waals surface area contributed by atoms with Crippen LogP contribution in [-0.4, -0.2) is 23.1 Å². The smallest absolute Gasteiger partial charge is 0.252 e. The van der Waals surface area contributed by atoms with E-state index in [-0.39, 0.29) is 17.8 Å². The van der Waals surface area contributed by atoms with Crippen molar-refractivity contribution in [2.24, 2.45) is 0 Å². The number of carbonyl (C=O) groups excluding carboxylic acids is 1. The summed E-state index contributed by atoms with van der Waals surface area (Å²) in [4.78, 5) is 12.5. The monoisotopic (exact) mass is 316 g/mol. The lowest BCUT2D eigenvalue weighted by Gasteiger charge is -2.25. The van der Waals surface area contributed by atoms with Crippen molar-refractivity contribution in [3.05, 3.63) is 35.3 Å². The molecule has 0 aromatic carbocycles. The second-order valence-electron chi connectivity index (χ2n) is 6.99. The van der Waals surface area contributed by atoms with Crippen LogP contribution >= 0.6 is 0 Å². The molecule has 4 heteroatoms. The van der Waals surface area contributed by atoms with E-state index in [1.165, 1.54) is 38.5 Å². The molecule has 23 heavy (non-hydrogen) atoms. The Morgan fingerprint density at radius 3 is 2.09 bits per heavy atom. The third-order valence-electron chi connectivity index (χ3n) is 5.20. The molecule has 0 radical (unpaired) electrons. The largest absolute Gasteiger partial charge is 0.494 e. The van der Waals surface area contributed by atoms with Crippen LogP contribution in [0.3, 0.4) is 0 Å². The lowest BCUT2D eigenvalue weighted by Crippen LogP contribution is -2.37. The van der Waals surface area contributed by atoms with Crippen LogP contribution in [0.25, 0.3) is 0 Å². The maximum absolute atomic E-state index is 12.5. The van der Waals surface area contributed by atoms with Gasteiger partial charge in [0, 0.05) is 17.7 Å². The zero-order valence-corrected chi connectivity index (χ0v) is 13.8. The Morgan fingerprint density at radius 2 is 1.48 bits per heavy atom. The molecule has 0 bridgehead atoms. The Bertz CT molecular complexity index is 521. The average molecular weight is 316 g/mol. The third kappa shape index (κ3) is 4.18. The van der Waals surface area contributed by atoms with Crippen molar-refractivity contribution in [2.45, 2.75) is 76.3 Å². The van der Waals surface area contributed by atoms with Crippen LogP contribution in [0.1, 0.15) is 64.2 Å². The first kappa shape index (κ1) is 16.2. The topological polar surface area (TPSA) is 61.4 Å². The van der Waals surface area contributed by atoms with E-state index in [9.17, 15) is 9.90 Å². The number of nitrogens with one attached hydrogen (secondary N) is 2. The van der Waals surface area contributed by atoms with Gasteiger partial charge in [-0.05, 0) is 37.8 Å². The van der Waals surface area contributed by atoms with Gasteiger partial charge in [-0.15, -0.1) is 0 Å². The SMILES string of the molecule is O=C(NC1CCCCC1)C1=CC=CC1=C(O)NC1CCCCC1. The van der Waals surface area contributed by atoms with Crippen molar-refractivity contribution in [3.8, 4) is 0 Å². The van der Waals surface area contributed by atoms with Crippen LogP contribution in [0.4, 0.5) is 0 Å². The van der Waals surface area contributed by atoms with Gasteiger partial charge in [0.2, 0.25) is 0 Å². The first-order valence-corrected chi connectivity index (χ1v) is 9.13. The summed E-state index contributed by atoms with van der Waals surface area (Å²) in [5, 5.41) is 16.8. The van der Waals surface area contributed by atoms with Crippen LogP contribution < -0.4 is 10.6 Å². The molecule has 3 aliphatic carbocycles. The summed E-state index contributed by atoms with van der Waals surface area (Å²) < 4.78 is 0. The van der Waals surface area contributed by atoms with Crippen molar-refractivity contribution in [1.29, 1.82) is 0 Å². The average Bonchev–Trinajstić information content (AvgIpc) is 3.06. The molecule has 126 valence electrons.